The standard InChI is InChI=1S/C8H14O2/c1-3-5-8(9)7-10-6-4-2/h4H,2-3,5-7H2,1H3. The monoisotopic (exact) mass is 142 g/mol. The largest absolute Gasteiger partial charge is 0.370 e. The Morgan fingerprint density at radius 3 is 2.90 bits per heavy atom. The van der Waals surface area contributed by atoms with Crippen LogP contribution in [0.25, 0.3) is 0 Å². The molecule has 0 atom stereocenters. The highest BCUT2D eigenvalue weighted by molar-refractivity contribution is 5.79. The number of ketones is 1. The zero-order valence-corrected chi connectivity index (χ0v) is 6.43. The smallest absolute Gasteiger partial charge is 0.158 e. The van der Waals surface area contributed by atoms with Gasteiger partial charge in [0, 0.05) is 6.42 Å². The van der Waals surface area contributed by atoms with Crippen molar-refractivity contribution >= 4 is 5.78 Å². The quantitative estimate of drug-likeness (QED) is 0.415. The molecule has 0 unspecified atom stereocenters. The number of carbonyl (C=O) groups excluding carboxylic acids is 1. The Hall–Kier alpha value is -0.630. The van der Waals surface area contributed by atoms with Crippen molar-refractivity contribution in [2.24, 2.45) is 0 Å². The van der Waals surface area contributed by atoms with E-state index in [4.69, 9.17) is 4.74 Å². The van der Waals surface area contributed by atoms with E-state index in [-0.39, 0.29) is 12.4 Å². The highest BCUT2D eigenvalue weighted by atomic mass is 16.5. The lowest BCUT2D eigenvalue weighted by Gasteiger charge is -1.97. The fourth-order valence-electron chi connectivity index (χ4n) is 0.607. The molecule has 0 amide bonds. The molecule has 0 N–H and O–H groups in total. The molecule has 0 rings (SSSR count). The first-order valence-electron chi connectivity index (χ1n) is 3.51. The summed E-state index contributed by atoms with van der Waals surface area (Å²) in [6.07, 6.45) is 3.16. The van der Waals surface area contributed by atoms with Gasteiger partial charge in [0.25, 0.3) is 0 Å². The van der Waals surface area contributed by atoms with Crippen LogP contribution in [-0.4, -0.2) is 19.0 Å². The minimum absolute atomic E-state index is 0.171. The lowest BCUT2D eigenvalue weighted by atomic mass is 10.2. The topological polar surface area (TPSA) is 26.3 Å². The van der Waals surface area contributed by atoms with E-state index in [0.29, 0.717) is 13.0 Å². The maximum absolute atomic E-state index is 10.8. The maximum atomic E-state index is 10.8. The van der Waals surface area contributed by atoms with E-state index in [9.17, 15) is 4.79 Å². The van der Waals surface area contributed by atoms with E-state index in [1.54, 1.807) is 6.08 Å². The zero-order valence-electron chi connectivity index (χ0n) is 6.43. The number of Topliss-reactive ketones (excluding diaryl/α,β-unsaturated/α-hetero) is 1. The Morgan fingerprint density at radius 1 is 1.70 bits per heavy atom. The third-order valence-electron chi connectivity index (χ3n) is 1.03. The molecular formula is C8H14O2. The van der Waals surface area contributed by atoms with Crippen LogP contribution in [0.15, 0.2) is 12.7 Å². The molecule has 0 saturated heterocycles. The fourth-order valence-corrected chi connectivity index (χ4v) is 0.607. The Morgan fingerprint density at radius 2 is 2.40 bits per heavy atom. The summed E-state index contributed by atoms with van der Waals surface area (Å²) in [5, 5.41) is 0. The van der Waals surface area contributed by atoms with Gasteiger partial charge in [0.1, 0.15) is 6.61 Å². The zero-order chi connectivity index (χ0) is 7.82. The molecule has 0 aliphatic carbocycles. The van der Waals surface area contributed by atoms with Crippen molar-refractivity contribution in [3.8, 4) is 0 Å². The van der Waals surface area contributed by atoms with Crippen LogP contribution in [0.5, 0.6) is 0 Å². The number of carbonyl (C=O) groups is 1. The molecular weight excluding hydrogens is 128 g/mol. The number of hydrogen-bond acceptors (Lipinski definition) is 2. The highest BCUT2D eigenvalue weighted by Gasteiger charge is 1.97. The summed E-state index contributed by atoms with van der Waals surface area (Å²) in [6.45, 7) is 6.15. The summed E-state index contributed by atoms with van der Waals surface area (Å²) in [5.41, 5.74) is 0. The van der Waals surface area contributed by atoms with Crippen LogP contribution in [0.1, 0.15) is 19.8 Å². The second-order valence-electron chi connectivity index (χ2n) is 2.09. The molecule has 0 fully saturated rings. The predicted molar refractivity (Wildman–Crippen MR) is 40.9 cm³/mol. The first kappa shape index (κ1) is 9.37. The lowest BCUT2D eigenvalue weighted by Crippen LogP contribution is -2.07. The summed E-state index contributed by atoms with van der Waals surface area (Å²) in [5.74, 6) is 0.171. The first-order chi connectivity index (χ1) is 4.81. The minimum atomic E-state index is 0.171. The summed E-state index contributed by atoms with van der Waals surface area (Å²) < 4.78 is 4.93. The van der Waals surface area contributed by atoms with Crippen LogP contribution >= 0.6 is 0 Å². The Bertz CT molecular complexity index is 108. The van der Waals surface area contributed by atoms with E-state index < -0.39 is 0 Å². The molecule has 10 heavy (non-hydrogen) atoms. The molecule has 0 aromatic rings. The van der Waals surface area contributed by atoms with Gasteiger partial charge in [-0.3, -0.25) is 4.79 Å². The lowest BCUT2D eigenvalue weighted by molar-refractivity contribution is -0.123. The van der Waals surface area contributed by atoms with Crippen LogP contribution in [0.3, 0.4) is 0 Å². The van der Waals surface area contributed by atoms with E-state index in [0.717, 1.165) is 6.42 Å². The highest BCUT2D eigenvalue weighted by Crippen LogP contribution is 1.89. The van der Waals surface area contributed by atoms with Crippen molar-refractivity contribution in [2.45, 2.75) is 19.8 Å². The summed E-state index contributed by atoms with van der Waals surface area (Å²) in [6, 6.07) is 0. The molecule has 0 heterocycles. The predicted octanol–water partition coefficient (Wildman–Crippen LogP) is 1.56. The van der Waals surface area contributed by atoms with Gasteiger partial charge >= 0.3 is 0 Å². The average molecular weight is 142 g/mol. The van der Waals surface area contributed by atoms with Gasteiger partial charge in [-0.15, -0.1) is 6.58 Å². The van der Waals surface area contributed by atoms with Crippen LogP contribution < -0.4 is 0 Å². The van der Waals surface area contributed by atoms with E-state index >= 15 is 0 Å². The molecule has 0 saturated carbocycles. The summed E-state index contributed by atoms with van der Waals surface area (Å²) in [7, 11) is 0. The van der Waals surface area contributed by atoms with Crippen LogP contribution in [0.2, 0.25) is 0 Å². The molecule has 0 spiro atoms. The fraction of sp³-hybridized carbons (Fsp3) is 0.625. The van der Waals surface area contributed by atoms with Gasteiger partial charge in [-0.1, -0.05) is 13.0 Å². The first-order valence-corrected chi connectivity index (χ1v) is 3.51. The molecule has 0 aliphatic heterocycles. The molecule has 0 aromatic heterocycles. The van der Waals surface area contributed by atoms with E-state index in [2.05, 4.69) is 6.58 Å². The van der Waals surface area contributed by atoms with Crippen LogP contribution in [0.4, 0.5) is 0 Å². The van der Waals surface area contributed by atoms with Crippen LogP contribution in [-0.2, 0) is 9.53 Å². The molecule has 2 nitrogen and oxygen atoms in total. The molecule has 58 valence electrons. The molecule has 2 heteroatoms. The van der Waals surface area contributed by atoms with Gasteiger partial charge in [0.15, 0.2) is 5.78 Å². The molecule has 0 aromatic carbocycles. The van der Waals surface area contributed by atoms with Crippen molar-refractivity contribution in [1.29, 1.82) is 0 Å². The van der Waals surface area contributed by atoms with Gasteiger partial charge < -0.3 is 4.74 Å². The third kappa shape index (κ3) is 5.51. The van der Waals surface area contributed by atoms with Gasteiger partial charge in [0.2, 0.25) is 0 Å². The normalized spacial score (nSPS) is 9.30. The number of rotatable bonds is 6. The van der Waals surface area contributed by atoms with E-state index in [1.807, 2.05) is 6.92 Å². The average Bonchev–Trinajstić information content (AvgIpc) is 1.89. The Balaban J connectivity index is 3.13. The second kappa shape index (κ2) is 6.49. The van der Waals surface area contributed by atoms with Crippen molar-refractivity contribution in [1.82, 2.24) is 0 Å². The number of ether oxygens (including phenoxy) is 1. The Labute approximate surface area is 61.9 Å². The minimum Gasteiger partial charge on any atom is -0.370 e. The molecule has 0 aliphatic rings. The number of hydrogen-bond donors (Lipinski definition) is 0. The molecule has 0 radical (unpaired) electrons. The Kier molecular flexibility index (Phi) is 6.08. The van der Waals surface area contributed by atoms with Crippen molar-refractivity contribution in [2.75, 3.05) is 13.2 Å². The third-order valence-corrected chi connectivity index (χ3v) is 1.03. The van der Waals surface area contributed by atoms with Gasteiger partial charge in [-0.05, 0) is 6.42 Å². The summed E-state index contributed by atoms with van der Waals surface area (Å²) in [4.78, 5) is 10.8. The van der Waals surface area contributed by atoms with Crippen LogP contribution in [0, 0.1) is 0 Å². The second-order valence-corrected chi connectivity index (χ2v) is 2.09. The van der Waals surface area contributed by atoms with Gasteiger partial charge in [-0.2, -0.15) is 0 Å². The van der Waals surface area contributed by atoms with Crippen molar-refractivity contribution in [3.05, 3.63) is 12.7 Å². The van der Waals surface area contributed by atoms with Gasteiger partial charge in [-0.25, -0.2) is 0 Å². The van der Waals surface area contributed by atoms with Gasteiger partial charge in [0.05, 0.1) is 6.61 Å². The van der Waals surface area contributed by atoms with Crippen molar-refractivity contribution in [3.63, 3.8) is 0 Å². The molecule has 0 bridgehead atoms. The van der Waals surface area contributed by atoms with Crippen molar-refractivity contribution < 1.29 is 9.53 Å². The van der Waals surface area contributed by atoms with E-state index in [1.165, 1.54) is 0 Å². The SMILES string of the molecule is C=CCOCC(=O)CCC. The maximum Gasteiger partial charge on any atom is 0.158 e. The summed E-state index contributed by atoms with van der Waals surface area (Å²) >= 11 is 0.